The average molecular weight is 272 g/mol. The summed E-state index contributed by atoms with van der Waals surface area (Å²) in [4.78, 5) is 1.18. The van der Waals surface area contributed by atoms with Crippen molar-refractivity contribution in [1.82, 2.24) is 0 Å². The number of rotatable bonds is 4. The molecule has 0 spiro atoms. The molecule has 0 saturated heterocycles. The van der Waals surface area contributed by atoms with Crippen LogP contribution in [0.2, 0.25) is 0 Å². The van der Waals surface area contributed by atoms with Gasteiger partial charge in [0.25, 0.3) is 0 Å². The Morgan fingerprint density at radius 3 is 2.56 bits per heavy atom. The summed E-state index contributed by atoms with van der Waals surface area (Å²) in [6.07, 6.45) is 0.146. The van der Waals surface area contributed by atoms with Gasteiger partial charge in [-0.2, -0.15) is 13.2 Å². The van der Waals surface area contributed by atoms with Crippen molar-refractivity contribution in [3.63, 3.8) is 0 Å². The van der Waals surface area contributed by atoms with Gasteiger partial charge in [0.2, 0.25) is 0 Å². The van der Waals surface area contributed by atoms with E-state index in [0.29, 0.717) is 5.39 Å². The van der Waals surface area contributed by atoms with Gasteiger partial charge in [0.05, 0.1) is 5.56 Å². The van der Waals surface area contributed by atoms with Crippen LogP contribution in [0.1, 0.15) is 36.6 Å². The molecular weight excluding hydrogens is 257 g/mol. The molecule has 0 amide bonds. The summed E-state index contributed by atoms with van der Waals surface area (Å²) in [5, 5.41) is 0.710. The second kappa shape index (κ2) is 5.31. The zero-order valence-corrected chi connectivity index (χ0v) is 11.0. The number of benzene rings is 1. The quantitative estimate of drug-likeness (QED) is 0.631. The third-order valence-electron chi connectivity index (χ3n) is 2.92. The zero-order valence-electron chi connectivity index (χ0n) is 10.2. The molecule has 0 atom stereocenters. The van der Waals surface area contributed by atoms with Crippen LogP contribution in [0, 0.1) is 0 Å². The van der Waals surface area contributed by atoms with E-state index in [2.05, 4.69) is 6.92 Å². The molecule has 1 aromatic heterocycles. The third kappa shape index (κ3) is 3.05. The first kappa shape index (κ1) is 13.4. The molecule has 0 aliphatic rings. The average Bonchev–Trinajstić information content (AvgIpc) is 2.69. The van der Waals surface area contributed by atoms with E-state index in [1.54, 1.807) is 17.4 Å². The molecule has 2 rings (SSSR count). The summed E-state index contributed by atoms with van der Waals surface area (Å²) < 4.78 is 38.7. The van der Waals surface area contributed by atoms with E-state index in [1.165, 1.54) is 17.4 Å². The molecule has 0 N–H and O–H groups in total. The maximum absolute atomic E-state index is 12.6. The summed E-state index contributed by atoms with van der Waals surface area (Å²) in [7, 11) is 0. The minimum Gasteiger partial charge on any atom is -0.166 e. The molecule has 0 fully saturated rings. The lowest BCUT2D eigenvalue weighted by atomic mass is 10.1. The Morgan fingerprint density at radius 1 is 1.11 bits per heavy atom. The number of hydrogen-bond acceptors (Lipinski definition) is 1. The molecule has 0 bridgehead atoms. The number of aryl methyl sites for hydroxylation is 1. The summed E-state index contributed by atoms with van der Waals surface area (Å²) >= 11 is 1.60. The van der Waals surface area contributed by atoms with Gasteiger partial charge in [0, 0.05) is 9.58 Å². The van der Waals surface area contributed by atoms with Gasteiger partial charge in [0.1, 0.15) is 0 Å². The van der Waals surface area contributed by atoms with E-state index >= 15 is 0 Å². The Morgan fingerprint density at radius 2 is 1.89 bits per heavy atom. The fraction of sp³-hybridized carbons (Fsp3) is 0.429. The largest absolute Gasteiger partial charge is 0.416 e. The van der Waals surface area contributed by atoms with Crippen molar-refractivity contribution in [3.8, 4) is 0 Å². The second-order valence-electron chi connectivity index (χ2n) is 4.42. The molecule has 1 heterocycles. The van der Waals surface area contributed by atoms with Crippen LogP contribution in [-0.2, 0) is 12.6 Å². The molecule has 4 heteroatoms. The van der Waals surface area contributed by atoms with Crippen molar-refractivity contribution in [2.24, 2.45) is 0 Å². The van der Waals surface area contributed by atoms with E-state index in [1.807, 2.05) is 6.07 Å². The molecule has 0 radical (unpaired) electrons. The van der Waals surface area contributed by atoms with Crippen LogP contribution >= 0.6 is 11.3 Å². The first-order chi connectivity index (χ1) is 8.50. The lowest BCUT2D eigenvalue weighted by molar-refractivity contribution is -0.137. The highest BCUT2D eigenvalue weighted by Gasteiger charge is 2.30. The first-order valence-corrected chi connectivity index (χ1v) is 6.92. The summed E-state index contributed by atoms with van der Waals surface area (Å²) in [5.41, 5.74) is -0.562. The van der Waals surface area contributed by atoms with Crippen LogP contribution in [0.4, 0.5) is 13.2 Å². The van der Waals surface area contributed by atoms with Crippen molar-refractivity contribution < 1.29 is 13.2 Å². The molecule has 98 valence electrons. The highest BCUT2D eigenvalue weighted by atomic mass is 32.1. The third-order valence-corrected chi connectivity index (χ3v) is 4.10. The maximum atomic E-state index is 12.6. The van der Waals surface area contributed by atoms with Crippen LogP contribution in [-0.4, -0.2) is 0 Å². The smallest absolute Gasteiger partial charge is 0.166 e. The molecule has 2 aromatic rings. The number of fused-ring (bicyclic) bond motifs is 1. The second-order valence-corrected chi connectivity index (χ2v) is 5.59. The molecular formula is C14H15F3S. The van der Waals surface area contributed by atoms with Crippen LogP contribution < -0.4 is 0 Å². The molecule has 0 aliphatic heterocycles. The molecule has 1 aromatic carbocycles. The number of unbranched alkanes of at least 4 members (excludes halogenated alkanes) is 2. The Labute approximate surface area is 108 Å². The number of halogens is 3. The van der Waals surface area contributed by atoms with Gasteiger partial charge >= 0.3 is 6.18 Å². The van der Waals surface area contributed by atoms with E-state index in [4.69, 9.17) is 0 Å². The summed E-state index contributed by atoms with van der Waals surface area (Å²) in [6, 6.07) is 5.88. The van der Waals surface area contributed by atoms with Gasteiger partial charge < -0.3 is 0 Å². The molecule has 0 saturated carbocycles. The van der Waals surface area contributed by atoms with E-state index in [9.17, 15) is 13.2 Å². The van der Waals surface area contributed by atoms with Crippen LogP contribution in [0.25, 0.3) is 10.1 Å². The standard InChI is InChI=1S/C14H15F3S/c1-2-3-4-5-12-9-10-8-11(14(15,16)17)6-7-13(10)18-12/h6-9H,2-5H2,1H3. The highest BCUT2D eigenvalue weighted by molar-refractivity contribution is 7.19. The fourth-order valence-electron chi connectivity index (χ4n) is 1.95. The first-order valence-electron chi connectivity index (χ1n) is 6.10. The highest BCUT2D eigenvalue weighted by Crippen LogP contribution is 2.34. The van der Waals surface area contributed by atoms with Gasteiger partial charge in [-0.05, 0) is 42.5 Å². The molecule has 18 heavy (non-hydrogen) atoms. The minimum absolute atomic E-state index is 0.562. The van der Waals surface area contributed by atoms with E-state index in [-0.39, 0.29) is 0 Å². The summed E-state index contributed by atoms with van der Waals surface area (Å²) in [5.74, 6) is 0. The molecule has 0 nitrogen and oxygen atoms in total. The predicted molar refractivity (Wildman–Crippen MR) is 70.1 cm³/mol. The van der Waals surface area contributed by atoms with Crippen molar-refractivity contribution in [1.29, 1.82) is 0 Å². The zero-order chi connectivity index (χ0) is 13.2. The molecule has 0 aliphatic carbocycles. The number of thiophene rings is 1. The van der Waals surface area contributed by atoms with Crippen molar-refractivity contribution in [3.05, 3.63) is 34.7 Å². The van der Waals surface area contributed by atoms with Crippen LogP contribution in [0.5, 0.6) is 0 Å². The Balaban J connectivity index is 2.23. The van der Waals surface area contributed by atoms with Crippen LogP contribution in [0.15, 0.2) is 24.3 Å². The Hall–Kier alpha value is -1.03. The van der Waals surface area contributed by atoms with Crippen LogP contribution in [0.3, 0.4) is 0 Å². The Bertz CT molecular complexity index is 525. The monoisotopic (exact) mass is 272 g/mol. The fourth-order valence-corrected chi connectivity index (χ4v) is 3.03. The Kier molecular flexibility index (Phi) is 3.95. The van der Waals surface area contributed by atoms with Gasteiger partial charge in [-0.25, -0.2) is 0 Å². The maximum Gasteiger partial charge on any atom is 0.416 e. The summed E-state index contributed by atoms with van der Waals surface area (Å²) in [6.45, 7) is 2.14. The van der Waals surface area contributed by atoms with E-state index < -0.39 is 11.7 Å². The lowest BCUT2D eigenvalue weighted by Gasteiger charge is -2.05. The topological polar surface area (TPSA) is 0 Å². The number of hydrogen-bond donors (Lipinski definition) is 0. The van der Waals surface area contributed by atoms with Crippen molar-refractivity contribution >= 4 is 21.4 Å². The van der Waals surface area contributed by atoms with E-state index in [0.717, 1.165) is 30.0 Å². The molecule has 0 unspecified atom stereocenters. The normalized spacial score (nSPS) is 12.2. The number of alkyl halides is 3. The van der Waals surface area contributed by atoms with Gasteiger partial charge in [-0.1, -0.05) is 19.8 Å². The van der Waals surface area contributed by atoms with Crippen molar-refractivity contribution in [2.45, 2.75) is 38.8 Å². The lowest BCUT2D eigenvalue weighted by Crippen LogP contribution is -2.03. The minimum atomic E-state index is -4.25. The van der Waals surface area contributed by atoms with Gasteiger partial charge in [-0.3, -0.25) is 0 Å². The SMILES string of the molecule is CCCCCc1cc2cc(C(F)(F)F)ccc2s1. The van der Waals surface area contributed by atoms with Gasteiger partial charge in [-0.15, -0.1) is 11.3 Å². The predicted octanol–water partition coefficient (Wildman–Crippen LogP) is 5.65. The van der Waals surface area contributed by atoms with Crippen molar-refractivity contribution in [2.75, 3.05) is 0 Å². The van der Waals surface area contributed by atoms with Gasteiger partial charge in [0.15, 0.2) is 0 Å².